The third kappa shape index (κ3) is 4.83. The molecule has 2 unspecified atom stereocenters. The van der Waals surface area contributed by atoms with E-state index in [2.05, 4.69) is 53.9 Å². The summed E-state index contributed by atoms with van der Waals surface area (Å²) in [6, 6.07) is 0. The lowest BCUT2D eigenvalue weighted by Gasteiger charge is -2.42. The van der Waals surface area contributed by atoms with Crippen LogP contribution in [0.5, 0.6) is 0 Å². The van der Waals surface area contributed by atoms with Crippen LogP contribution in [0.4, 0.5) is 0 Å². The second-order valence-electron chi connectivity index (χ2n) is 6.85. The highest BCUT2D eigenvalue weighted by Gasteiger charge is 2.42. The molecule has 0 saturated heterocycles. The lowest BCUT2D eigenvalue weighted by atomic mass is 10.2. The van der Waals surface area contributed by atoms with Crippen molar-refractivity contribution in [1.82, 2.24) is 0 Å². The van der Waals surface area contributed by atoms with Gasteiger partial charge in [-0.3, -0.25) is 0 Å². The topological polar surface area (TPSA) is 61.3 Å². The molecule has 0 saturated carbocycles. The van der Waals surface area contributed by atoms with E-state index < -0.39 is 16.6 Å². The first-order valence-electron chi connectivity index (χ1n) is 6.63. The molecule has 2 atom stereocenters. The second-order valence-corrected chi connectivity index (χ2v) is 15.4. The van der Waals surface area contributed by atoms with Gasteiger partial charge in [0.05, 0.1) is 0 Å². The molecule has 4 N–H and O–H groups in total. The Morgan fingerprint density at radius 2 is 0.941 bits per heavy atom. The predicted molar refractivity (Wildman–Crippen MR) is 81.7 cm³/mol. The zero-order valence-electron chi connectivity index (χ0n) is 12.9. The van der Waals surface area contributed by atoms with Crippen LogP contribution in [-0.4, -0.2) is 28.0 Å². The highest BCUT2D eigenvalue weighted by molar-refractivity contribution is 6.86. The van der Waals surface area contributed by atoms with Crippen molar-refractivity contribution in [3.63, 3.8) is 0 Å². The smallest absolute Gasteiger partial charge is 0.190 e. The van der Waals surface area contributed by atoms with Crippen molar-refractivity contribution < 1.29 is 4.12 Å². The van der Waals surface area contributed by atoms with Crippen LogP contribution < -0.4 is 11.5 Å². The maximum Gasteiger partial charge on any atom is 0.190 e. The average molecular weight is 277 g/mol. The molecule has 3 nitrogen and oxygen atoms in total. The molecule has 104 valence electrons. The molecular weight excluding hydrogens is 244 g/mol. The summed E-state index contributed by atoms with van der Waals surface area (Å²) in [5, 5.41) is 0. The van der Waals surface area contributed by atoms with Crippen LogP contribution in [0.15, 0.2) is 0 Å². The Labute approximate surface area is 110 Å². The molecule has 0 aromatic carbocycles. The van der Waals surface area contributed by atoms with Gasteiger partial charge < -0.3 is 15.6 Å². The Morgan fingerprint density at radius 1 is 0.706 bits per heavy atom. The SMILES string of the molecule is CC(C)C(N)[Si](C)(C)O[Si](C)(C)C(N)C(C)C. The van der Waals surface area contributed by atoms with Crippen molar-refractivity contribution in [3.8, 4) is 0 Å². The van der Waals surface area contributed by atoms with Crippen molar-refractivity contribution in [1.29, 1.82) is 0 Å². The van der Waals surface area contributed by atoms with Gasteiger partial charge in [-0.05, 0) is 38.0 Å². The monoisotopic (exact) mass is 276 g/mol. The van der Waals surface area contributed by atoms with Gasteiger partial charge in [-0.1, -0.05) is 27.7 Å². The molecule has 0 amide bonds. The summed E-state index contributed by atoms with van der Waals surface area (Å²) >= 11 is 0. The van der Waals surface area contributed by atoms with Crippen molar-refractivity contribution >= 4 is 16.6 Å². The summed E-state index contributed by atoms with van der Waals surface area (Å²) in [5.74, 6) is 0.938. The third-order valence-electron chi connectivity index (χ3n) is 3.57. The van der Waals surface area contributed by atoms with Gasteiger partial charge in [-0.2, -0.15) is 0 Å². The minimum atomic E-state index is -1.85. The Balaban J connectivity index is 4.81. The normalized spacial score (nSPS) is 17.6. The Kier molecular flexibility index (Phi) is 6.08. The van der Waals surface area contributed by atoms with Gasteiger partial charge in [-0.15, -0.1) is 0 Å². The zero-order chi connectivity index (χ0) is 14.0. The van der Waals surface area contributed by atoms with E-state index in [0.717, 1.165) is 0 Å². The van der Waals surface area contributed by atoms with Gasteiger partial charge in [-0.25, -0.2) is 0 Å². The van der Waals surface area contributed by atoms with Crippen LogP contribution in [0.25, 0.3) is 0 Å². The van der Waals surface area contributed by atoms with Crippen LogP contribution in [0.3, 0.4) is 0 Å². The van der Waals surface area contributed by atoms with Gasteiger partial charge >= 0.3 is 0 Å². The fourth-order valence-electron chi connectivity index (χ4n) is 2.42. The van der Waals surface area contributed by atoms with Crippen LogP contribution in [0.2, 0.25) is 26.2 Å². The predicted octanol–water partition coefficient (Wildman–Crippen LogP) is 2.46. The summed E-state index contributed by atoms with van der Waals surface area (Å²) in [7, 11) is -3.71. The fraction of sp³-hybridized carbons (Fsp3) is 1.00. The van der Waals surface area contributed by atoms with Crippen LogP contribution in [0, 0.1) is 11.8 Å². The van der Waals surface area contributed by atoms with Gasteiger partial charge in [0.1, 0.15) is 0 Å². The molecule has 0 aromatic heterocycles. The third-order valence-corrected chi connectivity index (χ3v) is 12.3. The summed E-state index contributed by atoms with van der Waals surface area (Å²) < 4.78 is 6.50. The van der Waals surface area contributed by atoms with Gasteiger partial charge in [0.2, 0.25) is 0 Å². The van der Waals surface area contributed by atoms with Crippen LogP contribution in [0.1, 0.15) is 27.7 Å². The molecule has 0 radical (unpaired) electrons. The minimum Gasteiger partial charge on any atom is -0.453 e. The molecule has 5 heteroatoms. The zero-order valence-corrected chi connectivity index (χ0v) is 14.9. The lowest BCUT2D eigenvalue weighted by molar-refractivity contribution is 0.443. The first-order chi connectivity index (χ1) is 7.42. The first kappa shape index (κ1) is 17.3. The molecule has 0 rings (SSSR count). The van der Waals surface area contributed by atoms with E-state index in [0.29, 0.717) is 11.8 Å². The molecule has 0 bridgehead atoms. The Hall–Kier alpha value is 0.314. The Morgan fingerprint density at radius 3 is 1.12 bits per heavy atom. The summed E-state index contributed by atoms with van der Waals surface area (Å²) in [6.07, 6.45) is 0. The van der Waals surface area contributed by atoms with Gasteiger partial charge in [0.15, 0.2) is 16.6 Å². The van der Waals surface area contributed by atoms with E-state index in [1.165, 1.54) is 0 Å². The number of hydrogen-bond acceptors (Lipinski definition) is 3. The van der Waals surface area contributed by atoms with Gasteiger partial charge in [0.25, 0.3) is 0 Å². The van der Waals surface area contributed by atoms with E-state index in [1.54, 1.807) is 0 Å². The van der Waals surface area contributed by atoms with E-state index in [1.807, 2.05) is 0 Å². The van der Waals surface area contributed by atoms with E-state index >= 15 is 0 Å². The molecule has 0 spiro atoms. The van der Waals surface area contributed by atoms with Crippen molar-refractivity contribution in [2.45, 2.75) is 65.2 Å². The van der Waals surface area contributed by atoms with Crippen LogP contribution >= 0.6 is 0 Å². The highest BCUT2D eigenvalue weighted by Crippen LogP contribution is 2.24. The van der Waals surface area contributed by atoms with E-state index in [4.69, 9.17) is 15.6 Å². The van der Waals surface area contributed by atoms with E-state index in [-0.39, 0.29) is 11.3 Å². The number of hydrogen-bond donors (Lipinski definition) is 2. The van der Waals surface area contributed by atoms with E-state index in [9.17, 15) is 0 Å². The quantitative estimate of drug-likeness (QED) is 0.733. The van der Waals surface area contributed by atoms with Crippen molar-refractivity contribution in [3.05, 3.63) is 0 Å². The Bertz CT molecular complexity index is 219. The second kappa shape index (κ2) is 5.97. The molecule has 0 fully saturated rings. The summed E-state index contributed by atoms with van der Waals surface area (Å²) in [6.45, 7) is 17.6. The van der Waals surface area contributed by atoms with Crippen molar-refractivity contribution in [2.75, 3.05) is 0 Å². The fourth-order valence-corrected chi connectivity index (χ4v) is 12.1. The molecule has 17 heavy (non-hydrogen) atoms. The molecule has 0 aliphatic heterocycles. The lowest BCUT2D eigenvalue weighted by Crippen LogP contribution is -2.63. The summed E-state index contributed by atoms with van der Waals surface area (Å²) in [4.78, 5) is 0. The van der Waals surface area contributed by atoms with Gasteiger partial charge in [0, 0.05) is 11.3 Å². The first-order valence-corrected chi connectivity index (χ1v) is 12.6. The number of rotatable bonds is 6. The highest BCUT2D eigenvalue weighted by atomic mass is 28.4. The molecule has 0 aliphatic carbocycles. The maximum atomic E-state index is 6.50. The molecule has 0 aliphatic rings. The standard InChI is InChI=1S/C12H32N2OSi2/c1-9(2)11(13)16(5,6)15-17(7,8)12(14)10(3)4/h9-12H,13-14H2,1-8H3. The minimum absolute atomic E-state index is 0.175. The maximum absolute atomic E-state index is 6.50. The molecule has 0 aromatic rings. The number of nitrogens with two attached hydrogens (primary N) is 2. The van der Waals surface area contributed by atoms with Crippen LogP contribution in [-0.2, 0) is 4.12 Å². The molecular formula is C12H32N2OSi2. The average Bonchev–Trinajstić information content (AvgIpc) is 2.13. The summed E-state index contributed by atoms with van der Waals surface area (Å²) in [5.41, 5.74) is 12.9. The largest absolute Gasteiger partial charge is 0.453 e. The molecule has 0 heterocycles. The van der Waals surface area contributed by atoms with Crippen molar-refractivity contribution in [2.24, 2.45) is 23.3 Å².